The van der Waals surface area contributed by atoms with Crippen molar-refractivity contribution in [3.05, 3.63) is 60.2 Å². The quantitative estimate of drug-likeness (QED) is 0.537. The third-order valence-electron chi connectivity index (χ3n) is 3.55. The molecule has 0 fully saturated rings. The van der Waals surface area contributed by atoms with Gasteiger partial charge in [0, 0.05) is 6.54 Å². The summed E-state index contributed by atoms with van der Waals surface area (Å²) in [4.78, 5) is 11.2. The molecule has 8 heteroatoms. The molecule has 0 aliphatic rings. The Morgan fingerprint density at radius 3 is 2.19 bits per heavy atom. The summed E-state index contributed by atoms with van der Waals surface area (Å²) in [6.45, 7) is 3.07. The number of aliphatic carboxylic acids is 1. The zero-order valence-electron chi connectivity index (χ0n) is 15.1. The second kappa shape index (κ2) is 9.53. The molecule has 0 radical (unpaired) electrons. The Hall–Kier alpha value is -1.38. The first-order valence-corrected chi connectivity index (χ1v) is 9.23. The Bertz CT molecular complexity index is 820. The number of carboxylic acid groups (broad SMARTS) is 1. The van der Waals surface area contributed by atoms with Gasteiger partial charge in [0.25, 0.3) is 0 Å². The Labute approximate surface area is 175 Å². The number of sulfonamides is 1. The van der Waals surface area contributed by atoms with Crippen LogP contribution in [0.3, 0.4) is 0 Å². The summed E-state index contributed by atoms with van der Waals surface area (Å²) in [5, 5.41) is 10.9. The van der Waals surface area contributed by atoms with Crippen LogP contribution in [0.2, 0.25) is 0 Å². The number of carbonyl (C=O) groups is 1. The molecule has 0 amide bonds. The van der Waals surface area contributed by atoms with Crippen LogP contribution in [0.15, 0.2) is 59.5 Å². The molecule has 0 aliphatic heterocycles. The molecule has 0 bridgehead atoms. The Morgan fingerprint density at radius 2 is 1.65 bits per heavy atom. The van der Waals surface area contributed by atoms with Crippen LogP contribution >= 0.6 is 0 Å². The SMILES string of the molecule is CC(C)(Oc1ccc(CCNS(=O)(=O)c2ccccc2)cc1)C(=O)[O-].[Na+]. The molecule has 0 atom stereocenters. The first-order valence-electron chi connectivity index (χ1n) is 7.75. The van der Waals surface area contributed by atoms with Crippen molar-refractivity contribution >= 4 is 16.0 Å². The minimum absolute atomic E-state index is 0. The third kappa shape index (κ3) is 6.41. The fourth-order valence-electron chi connectivity index (χ4n) is 2.07. The molecule has 6 nitrogen and oxygen atoms in total. The van der Waals surface area contributed by atoms with E-state index in [4.69, 9.17) is 4.74 Å². The first-order chi connectivity index (χ1) is 11.7. The van der Waals surface area contributed by atoms with Gasteiger partial charge in [-0.25, -0.2) is 13.1 Å². The van der Waals surface area contributed by atoms with E-state index in [9.17, 15) is 18.3 Å². The zero-order chi connectivity index (χ0) is 18.5. The molecule has 134 valence electrons. The van der Waals surface area contributed by atoms with Gasteiger partial charge in [0.1, 0.15) is 11.4 Å². The maximum atomic E-state index is 12.1. The number of benzene rings is 2. The van der Waals surface area contributed by atoms with E-state index in [1.165, 1.54) is 26.0 Å². The van der Waals surface area contributed by atoms with Gasteiger partial charge in [-0.05, 0) is 50.1 Å². The Kier molecular flexibility index (Phi) is 8.30. The minimum atomic E-state index is -3.52. The van der Waals surface area contributed by atoms with Crippen molar-refractivity contribution < 1.29 is 52.6 Å². The van der Waals surface area contributed by atoms with E-state index in [2.05, 4.69) is 4.72 Å². The predicted molar refractivity (Wildman–Crippen MR) is 91.5 cm³/mol. The smallest absolute Gasteiger partial charge is 0.546 e. The van der Waals surface area contributed by atoms with Crippen molar-refractivity contribution in [1.82, 2.24) is 4.72 Å². The van der Waals surface area contributed by atoms with Gasteiger partial charge in [0.05, 0.1) is 10.9 Å². The van der Waals surface area contributed by atoms with Crippen LogP contribution in [0.25, 0.3) is 0 Å². The fourth-order valence-corrected chi connectivity index (χ4v) is 3.13. The number of hydrogen-bond donors (Lipinski definition) is 1. The zero-order valence-corrected chi connectivity index (χ0v) is 17.9. The van der Waals surface area contributed by atoms with Crippen molar-refractivity contribution in [2.24, 2.45) is 0 Å². The van der Waals surface area contributed by atoms with Crippen molar-refractivity contribution in [3.8, 4) is 5.75 Å². The number of carboxylic acids is 1. The van der Waals surface area contributed by atoms with Crippen molar-refractivity contribution in [2.45, 2.75) is 30.8 Å². The van der Waals surface area contributed by atoms with Crippen LogP contribution in [0, 0.1) is 0 Å². The number of nitrogens with one attached hydrogen (secondary N) is 1. The average molecular weight is 385 g/mol. The fraction of sp³-hybridized carbons (Fsp3) is 0.278. The predicted octanol–water partition coefficient (Wildman–Crippen LogP) is -1.88. The molecule has 0 spiro atoms. The molecule has 2 aromatic rings. The van der Waals surface area contributed by atoms with Crippen LogP contribution in [0.5, 0.6) is 5.75 Å². The van der Waals surface area contributed by atoms with Gasteiger partial charge in [-0.1, -0.05) is 30.3 Å². The summed E-state index contributed by atoms with van der Waals surface area (Å²) in [6.07, 6.45) is 0.496. The van der Waals surface area contributed by atoms with Crippen molar-refractivity contribution in [1.29, 1.82) is 0 Å². The molecule has 0 heterocycles. The van der Waals surface area contributed by atoms with Crippen molar-refractivity contribution in [3.63, 3.8) is 0 Å². The molecule has 0 aliphatic carbocycles. The Balaban J connectivity index is 0.00000338. The third-order valence-corrected chi connectivity index (χ3v) is 5.02. The summed E-state index contributed by atoms with van der Waals surface area (Å²) in [7, 11) is -3.52. The maximum absolute atomic E-state index is 12.1. The Morgan fingerprint density at radius 1 is 1.08 bits per heavy atom. The summed E-state index contributed by atoms with van der Waals surface area (Å²) < 4.78 is 32.1. The molecule has 0 saturated heterocycles. The largest absolute Gasteiger partial charge is 1.00 e. The van der Waals surface area contributed by atoms with Crippen molar-refractivity contribution in [2.75, 3.05) is 6.54 Å². The number of carbonyl (C=O) groups excluding carboxylic acids is 1. The van der Waals surface area contributed by atoms with Gasteiger partial charge in [-0.3, -0.25) is 0 Å². The van der Waals surface area contributed by atoms with Crippen LogP contribution in [-0.2, 0) is 21.2 Å². The van der Waals surface area contributed by atoms with Crippen LogP contribution < -0.4 is 44.1 Å². The molecular weight excluding hydrogens is 365 g/mol. The van der Waals surface area contributed by atoms with Gasteiger partial charge in [0.15, 0.2) is 0 Å². The number of rotatable bonds is 8. The summed E-state index contributed by atoms with van der Waals surface area (Å²) >= 11 is 0. The van der Waals surface area contributed by atoms with Gasteiger partial charge < -0.3 is 14.6 Å². The summed E-state index contributed by atoms with van der Waals surface area (Å²) in [5.74, 6) is -0.894. The second-order valence-electron chi connectivity index (χ2n) is 6.00. The second-order valence-corrected chi connectivity index (χ2v) is 7.77. The summed E-state index contributed by atoms with van der Waals surface area (Å²) in [5.41, 5.74) is -0.526. The topological polar surface area (TPSA) is 95.5 Å². The molecule has 0 unspecified atom stereocenters. The number of hydrogen-bond acceptors (Lipinski definition) is 5. The molecule has 1 N–H and O–H groups in total. The first kappa shape index (κ1) is 22.7. The molecule has 0 aromatic heterocycles. The van der Waals surface area contributed by atoms with E-state index in [1.54, 1.807) is 42.5 Å². The normalized spacial score (nSPS) is 11.5. The molecule has 0 saturated carbocycles. The number of ether oxygens (including phenoxy) is 1. The monoisotopic (exact) mass is 385 g/mol. The summed E-state index contributed by atoms with van der Waals surface area (Å²) in [6, 6.07) is 15.0. The van der Waals surface area contributed by atoms with E-state index >= 15 is 0 Å². The van der Waals surface area contributed by atoms with Crippen LogP contribution in [0.1, 0.15) is 19.4 Å². The average Bonchev–Trinajstić information content (AvgIpc) is 2.57. The molecular formula is C18H20NNaO5S. The van der Waals surface area contributed by atoms with E-state index in [1.807, 2.05) is 0 Å². The van der Waals surface area contributed by atoms with E-state index in [0.717, 1.165) is 5.56 Å². The maximum Gasteiger partial charge on any atom is 1.00 e. The minimum Gasteiger partial charge on any atom is -0.546 e. The van der Waals surface area contributed by atoms with Gasteiger partial charge >= 0.3 is 29.6 Å². The van der Waals surface area contributed by atoms with Gasteiger partial charge in [-0.15, -0.1) is 0 Å². The van der Waals surface area contributed by atoms with E-state index in [-0.39, 0.29) is 41.0 Å². The van der Waals surface area contributed by atoms with Gasteiger partial charge in [0.2, 0.25) is 10.0 Å². The molecule has 26 heavy (non-hydrogen) atoms. The standard InChI is InChI=1S/C18H21NO5S.Na/c1-18(2,17(20)21)24-15-10-8-14(9-11-15)12-13-19-25(22,23)16-6-4-3-5-7-16;/h3-11,19H,12-13H2,1-2H3,(H,20,21);/q;+1/p-1. The van der Waals surface area contributed by atoms with Crippen LogP contribution in [-0.4, -0.2) is 26.5 Å². The van der Waals surface area contributed by atoms with E-state index < -0.39 is 21.6 Å². The van der Waals surface area contributed by atoms with Gasteiger partial charge in [-0.2, -0.15) is 0 Å². The molecule has 2 rings (SSSR count). The molecule has 2 aromatic carbocycles. The van der Waals surface area contributed by atoms with Crippen LogP contribution in [0.4, 0.5) is 0 Å². The van der Waals surface area contributed by atoms with E-state index in [0.29, 0.717) is 12.2 Å².